The lowest BCUT2D eigenvalue weighted by atomic mass is 10.5. The van der Waals surface area contributed by atoms with Gasteiger partial charge in [0, 0.05) is 31.5 Å². The van der Waals surface area contributed by atoms with Gasteiger partial charge in [0.15, 0.2) is 0 Å². The summed E-state index contributed by atoms with van der Waals surface area (Å²) >= 11 is 5.60. The molecule has 0 aliphatic heterocycles. The van der Waals surface area contributed by atoms with E-state index >= 15 is 0 Å². The van der Waals surface area contributed by atoms with E-state index in [1.54, 1.807) is 6.20 Å². The van der Waals surface area contributed by atoms with Crippen LogP contribution in [0.25, 0.3) is 0 Å². The molecular weight excluding hydrogens is 228 g/mol. The summed E-state index contributed by atoms with van der Waals surface area (Å²) in [5.41, 5.74) is -0.141. The predicted octanol–water partition coefficient (Wildman–Crippen LogP) is 1.10. The van der Waals surface area contributed by atoms with Crippen LogP contribution < -0.4 is 5.56 Å². The topological polar surface area (TPSA) is 52.7 Å². The van der Waals surface area contributed by atoms with Gasteiger partial charge in [-0.15, -0.1) is 0 Å². The van der Waals surface area contributed by atoms with E-state index in [9.17, 15) is 4.79 Å². The third kappa shape index (κ3) is 2.30. The van der Waals surface area contributed by atoms with Gasteiger partial charge in [0.2, 0.25) is 0 Å². The van der Waals surface area contributed by atoms with Gasteiger partial charge in [0.1, 0.15) is 11.0 Å². The van der Waals surface area contributed by atoms with E-state index in [0.29, 0.717) is 13.1 Å². The second-order valence-corrected chi connectivity index (χ2v) is 3.80. The van der Waals surface area contributed by atoms with Crippen molar-refractivity contribution >= 4 is 11.6 Å². The first kappa shape index (κ1) is 10.9. The Morgan fingerprint density at radius 1 is 1.31 bits per heavy atom. The molecule has 0 amide bonds. The fraction of sp³-hybridized carbons (Fsp3) is 0.300. The summed E-state index contributed by atoms with van der Waals surface area (Å²) in [5.74, 6) is 0.926. The van der Waals surface area contributed by atoms with Gasteiger partial charge >= 0.3 is 0 Å². The maximum absolute atomic E-state index is 11.5. The van der Waals surface area contributed by atoms with Crippen molar-refractivity contribution in [1.82, 2.24) is 19.1 Å². The molecule has 0 aliphatic carbocycles. The molecule has 2 rings (SSSR count). The van der Waals surface area contributed by atoms with Gasteiger partial charge in [-0.25, -0.2) is 9.97 Å². The van der Waals surface area contributed by atoms with Crippen molar-refractivity contribution in [1.29, 1.82) is 0 Å². The van der Waals surface area contributed by atoms with E-state index in [1.165, 1.54) is 17.0 Å². The molecule has 16 heavy (non-hydrogen) atoms. The first-order valence-electron chi connectivity index (χ1n) is 4.86. The van der Waals surface area contributed by atoms with Crippen molar-refractivity contribution in [3.05, 3.63) is 46.1 Å². The minimum Gasteiger partial charge on any atom is -0.333 e. The molecule has 0 fully saturated rings. The van der Waals surface area contributed by atoms with Crippen LogP contribution in [0.5, 0.6) is 0 Å². The lowest BCUT2D eigenvalue weighted by Gasteiger charge is -2.06. The van der Waals surface area contributed by atoms with Gasteiger partial charge in [-0.2, -0.15) is 0 Å². The molecule has 6 heteroatoms. The smallest absolute Gasteiger partial charge is 0.254 e. The SMILES string of the molecule is Cc1nccn1CCn1cnc(Cl)cc1=O. The minimum absolute atomic E-state index is 0.141. The lowest BCUT2D eigenvalue weighted by molar-refractivity contribution is 0.549. The Morgan fingerprint density at radius 3 is 2.69 bits per heavy atom. The summed E-state index contributed by atoms with van der Waals surface area (Å²) in [5, 5.41) is 0.222. The van der Waals surface area contributed by atoms with Gasteiger partial charge in [0.05, 0.1) is 6.33 Å². The molecule has 0 radical (unpaired) electrons. The molecular formula is C10H11ClN4O. The van der Waals surface area contributed by atoms with Gasteiger partial charge in [-0.1, -0.05) is 11.6 Å². The molecule has 84 valence electrons. The van der Waals surface area contributed by atoms with Crippen LogP contribution in [0, 0.1) is 6.92 Å². The van der Waals surface area contributed by atoms with Crippen LogP contribution in [0.3, 0.4) is 0 Å². The third-order valence-corrected chi connectivity index (χ3v) is 2.56. The molecule has 0 unspecified atom stereocenters. The van der Waals surface area contributed by atoms with Gasteiger partial charge in [0.25, 0.3) is 5.56 Å². The maximum Gasteiger partial charge on any atom is 0.254 e. The first-order chi connectivity index (χ1) is 7.66. The van der Waals surface area contributed by atoms with E-state index in [-0.39, 0.29) is 10.7 Å². The molecule has 0 aromatic carbocycles. The van der Waals surface area contributed by atoms with Crippen LogP contribution in [-0.4, -0.2) is 19.1 Å². The van der Waals surface area contributed by atoms with E-state index < -0.39 is 0 Å². The number of rotatable bonds is 3. The van der Waals surface area contributed by atoms with Crippen molar-refractivity contribution < 1.29 is 0 Å². The van der Waals surface area contributed by atoms with Crippen molar-refractivity contribution in [2.24, 2.45) is 0 Å². The van der Waals surface area contributed by atoms with E-state index in [4.69, 9.17) is 11.6 Å². The minimum atomic E-state index is -0.141. The number of hydrogen-bond donors (Lipinski definition) is 0. The van der Waals surface area contributed by atoms with E-state index in [1.807, 2.05) is 17.7 Å². The zero-order chi connectivity index (χ0) is 11.5. The molecule has 0 saturated carbocycles. The Balaban J connectivity index is 2.11. The zero-order valence-electron chi connectivity index (χ0n) is 8.80. The third-order valence-electron chi connectivity index (χ3n) is 2.35. The number of nitrogens with zero attached hydrogens (tertiary/aromatic N) is 4. The van der Waals surface area contributed by atoms with Crippen LogP contribution >= 0.6 is 11.6 Å². The van der Waals surface area contributed by atoms with Crippen molar-refractivity contribution in [2.45, 2.75) is 20.0 Å². The number of halogens is 1. The molecule has 2 heterocycles. The zero-order valence-corrected chi connectivity index (χ0v) is 9.55. The Morgan fingerprint density at radius 2 is 2.06 bits per heavy atom. The summed E-state index contributed by atoms with van der Waals surface area (Å²) in [4.78, 5) is 19.5. The highest BCUT2D eigenvalue weighted by molar-refractivity contribution is 6.29. The maximum atomic E-state index is 11.5. The average Bonchev–Trinajstić information content (AvgIpc) is 2.63. The fourth-order valence-corrected chi connectivity index (χ4v) is 1.56. The number of aryl methyl sites for hydroxylation is 3. The van der Waals surface area contributed by atoms with Crippen molar-refractivity contribution in [2.75, 3.05) is 0 Å². The highest BCUT2D eigenvalue weighted by Crippen LogP contribution is 1.98. The summed E-state index contributed by atoms with van der Waals surface area (Å²) in [7, 11) is 0. The van der Waals surface area contributed by atoms with Crippen molar-refractivity contribution in [3.63, 3.8) is 0 Å². The average molecular weight is 239 g/mol. The molecule has 0 aliphatic rings. The highest BCUT2D eigenvalue weighted by Gasteiger charge is 2.00. The fourth-order valence-electron chi connectivity index (χ4n) is 1.43. The normalized spacial score (nSPS) is 10.6. The molecule has 5 nitrogen and oxygen atoms in total. The monoisotopic (exact) mass is 238 g/mol. The Bertz CT molecular complexity index is 546. The summed E-state index contributed by atoms with van der Waals surface area (Å²) in [6, 6.07) is 1.31. The highest BCUT2D eigenvalue weighted by atomic mass is 35.5. The standard InChI is InChI=1S/C10H11ClN4O/c1-8-12-2-3-14(8)4-5-15-7-13-9(11)6-10(15)16/h2-3,6-7H,4-5H2,1H3. The van der Waals surface area contributed by atoms with E-state index in [0.717, 1.165) is 5.82 Å². The molecule has 0 bridgehead atoms. The Labute approximate surface area is 97.3 Å². The molecule has 2 aromatic heterocycles. The number of hydrogen-bond acceptors (Lipinski definition) is 3. The quantitative estimate of drug-likeness (QED) is 0.753. The predicted molar refractivity (Wildman–Crippen MR) is 60.5 cm³/mol. The molecule has 2 aromatic rings. The van der Waals surface area contributed by atoms with Gasteiger partial charge < -0.3 is 4.57 Å². The van der Waals surface area contributed by atoms with Crippen LogP contribution in [0.15, 0.2) is 29.6 Å². The largest absolute Gasteiger partial charge is 0.333 e. The van der Waals surface area contributed by atoms with Crippen LogP contribution in [-0.2, 0) is 13.1 Å². The van der Waals surface area contributed by atoms with Crippen LogP contribution in [0.2, 0.25) is 5.15 Å². The Hall–Kier alpha value is -1.62. The van der Waals surface area contributed by atoms with Crippen LogP contribution in [0.4, 0.5) is 0 Å². The molecule has 0 N–H and O–H groups in total. The van der Waals surface area contributed by atoms with Gasteiger partial charge in [-0.05, 0) is 6.92 Å². The van der Waals surface area contributed by atoms with Gasteiger partial charge in [-0.3, -0.25) is 9.36 Å². The number of imidazole rings is 1. The summed E-state index contributed by atoms with van der Waals surface area (Å²) < 4.78 is 3.49. The number of aromatic nitrogens is 4. The molecule has 0 spiro atoms. The summed E-state index contributed by atoms with van der Waals surface area (Å²) in [6.07, 6.45) is 5.07. The van der Waals surface area contributed by atoms with Crippen molar-refractivity contribution in [3.8, 4) is 0 Å². The molecule has 0 saturated heterocycles. The second kappa shape index (κ2) is 4.49. The lowest BCUT2D eigenvalue weighted by Crippen LogP contribution is -2.21. The van der Waals surface area contributed by atoms with E-state index in [2.05, 4.69) is 9.97 Å². The summed E-state index contributed by atoms with van der Waals surface area (Å²) in [6.45, 7) is 3.16. The second-order valence-electron chi connectivity index (χ2n) is 3.41. The first-order valence-corrected chi connectivity index (χ1v) is 5.24. The Kier molecular flexibility index (Phi) is 3.05. The van der Waals surface area contributed by atoms with Crippen LogP contribution in [0.1, 0.15) is 5.82 Å². The molecule has 0 atom stereocenters.